The molecular weight excluding hydrogens is 226 g/mol. The lowest BCUT2D eigenvalue weighted by molar-refractivity contribution is 0.282. The smallest absolute Gasteiger partial charge is 0.226 e. The van der Waals surface area contributed by atoms with Crippen LogP contribution in [0.2, 0.25) is 0 Å². The van der Waals surface area contributed by atoms with Crippen LogP contribution in [0.5, 0.6) is 0 Å². The first kappa shape index (κ1) is 13.5. The molecule has 0 aromatic carbocycles. The predicted octanol–water partition coefficient (Wildman–Crippen LogP) is 3.11. The normalized spacial score (nSPS) is 22.3. The standard InChI is InChI=1S/C14H25N3O/c1-10(9-14(2,3)4)8-12-16-13(17-18-12)11-6-5-7-15-11/h10-11,15H,5-9H2,1-4H3. The van der Waals surface area contributed by atoms with E-state index in [4.69, 9.17) is 4.52 Å². The van der Waals surface area contributed by atoms with Crippen molar-refractivity contribution in [1.82, 2.24) is 15.5 Å². The predicted molar refractivity (Wildman–Crippen MR) is 71.2 cm³/mol. The van der Waals surface area contributed by atoms with Gasteiger partial charge in [-0.05, 0) is 37.1 Å². The van der Waals surface area contributed by atoms with E-state index in [1.165, 1.54) is 12.8 Å². The highest BCUT2D eigenvalue weighted by molar-refractivity contribution is 4.97. The molecule has 2 atom stereocenters. The molecule has 1 fully saturated rings. The van der Waals surface area contributed by atoms with Crippen LogP contribution in [-0.4, -0.2) is 16.7 Å². The monoisotopic (exact) mass is 251 g/mol. The topological polar surface area (TPSA) is 51.0 Å². The van der Waals surface area contributed by atoms with E-state index >= 15 is 0 Å². The molecule has 2 unspecified atom stereocenters. The zero-order valence-corrected chi connectivity index (χ0v) is 12.0. The molecule has 4 nitrogen and oxygen atoms in total. The number of rotatable bonds is 4. The third kappa shape index (κ3) is 3.80. The molecule has 2 heterocycles. The first-order chi connectivity index (χ1) is 8.44. The molecule has 0 aliphatic carbocycles. The lowest BCUT2D eigenvalue weighted by Crippen LogP contribution is -2.15. The summed E-state index contributed by atoms with van der Waals surface area (Å²) in [6.07, 6.45) is 4.38. The summed E-state index contributed by atoms with van der Waals surface area (Å²) >= 11 is 0. The van der Waals surface area contributed by atoms with Crippen molar-refractivity contribution in [3.63, 3.8) is 0 Å². The van der Waals surface area contributed by atoms with Gasteiger partial charge in [-0.3, -0.25) is 0 Å². The van der Waals surface area contributed by atoms with Crippen molar-refractivity contribution in [3.8, 4) is 0 Å². The molecule has 0 bridgehead atoms. The van der Waals surface area contributed by atoms with Crippen LogP contribution >= 0.6 is 0 Å². The molecule has 1 saturated heterocycles. The summed E-state index contributed by atoms with van der Waals surface area (Å²) < 4.78 is 5.36. The Balaban J connectivity index is 1.90. The Labute approximate surface area is 110 Å². The first-order valence-corrected chi connectivity index (χ1v) is 7.00. The Bertz CT molecular complexity index is 375. The van der Waals surface area contributed by atoms with Crippen LogP contribution in [0, 0.1) is 11.3 Å². The average molecular weight is 251 g/mol. The molecule has 0 saturated carbocycles. The van der Waals surface area contributed by atoms with Crippen LogP contribution in [0.25, 0.3) is 0 Å². The van der Waals surface area contributed by atoms with Crippen LogP contribution in [0.15, 0.2) is 4.52 Å². The van der Waals surface area contributed by atoms with Crippen LogP contribution in [0.3, 0.4) is 0 Å². The van der Waals surface area contributed by atoms with Gasteiger partial charge in [0.15, 0.2) is 5.82 Å². The van der Waals surface area contributed by atoms with Crippen molar-refractivity contribution in [3.05, 3.63) is 11.7 Å². The lowest BCUT2D eigenvalue weighted by atomic mass is 9.84. The summed E-state index contributed by atoms with van der Waals surface area (Å²) in [4.78, 5) is 4.52. The minimum atomic E-state index is 0.306. The second-order valence-corrected chi connectivity index (χ2v) is 6.77. The van der Waals surface area contributed by atoms with Crippen molar-refractivity contribution >= 4 is 0 Å². The van der Waals surface area contributed by atoms with Gasteiger partial charge < -0.3 is 9.84 Å². The molecule has 1 aromatic rings. The Kier molecular flexibility index (Phi) is 4.05. The van der Waals surface area contributed by atoms with E-state index in [1.54, 1.807) is 0 Å². The largest absolute Gasteiger partial charge is 0.339 e. The summed E-state index contributed by atoms with van der Waals surface area (Å²) in [7, 11) is 0. The van der Waals surface area contributed by atoms with E-state index in [-0.39, 0.29) is 0 Å². The molecule has 0 spiro atoms. The molecule has 1 aromatic heterocycles. The van der Waals surface area contributed by atoms with Crippen molar-refractivity contribution < 1.29 is 4.52 Å². The molecular formula is C14H25N3O. The van der Waals surface area contributed by atoms with Gasteiger partial charge in [0.2, 0.25) is 5.89 Å². The summed E-state index contributed by atoms with van der Waals surface area (Å²) in [5.74, 6) is 2.20. The van der Waals surface area contributed by atoms with E-state index in [0.29, 0.717) is 17.4 Å². The maximum absolute atomic E-state index is 5.36. The Hall–Kier alpha value is -0.900. The minimum Gasteiger partial charge on any atom is -0.339 e. The van der Waals surface area contributed by atoms with E-state index < -0.39 is 0 Å². The van der Waals surface area contributed by atoms with Crippen molar-refractivity contribution in [1.29, 1.82) is 0 Å². The van der Waals surface area contributed by atoms with Gasteiger partial charge in [0.05, 0.1) is 6.04 Å². The van der Waals surface area contributed by atoms with Crippen molar-refractivity contribution in [2.24, 2.45) is 11.3 Å². The van der Waals surface area contributed by atoms with Crippen molar-refractivity contribution in [2.75, 3.05) is 6.54 Å². The minimum absolute atomic E-state index is 0.306. The fraction of sp³-hybridized carbons (Fsp3) is 0.857. The van der Waals surface area contributed by atoms with Crippen LogP contribution < -0.4 is 5.32 Å². The van der Waals surface area contributed by atoms with Gasteiger partial charge in [0.1, 0.15) is 0 Å². The number of hydrogen-bond donors (Lipinski definition) is 1. The quantitative estimate of drug-likeness (QED) is 0.893. The van der Waals surface area contributed by atoms with Gasteiger partial charge in [-0.1, -0.05) is 32.9 Å². The molecule has 18 heavy (non-hydrogen) atoms. The SMILES string of the molecule is CC(Cc1nc(C2CCCN2)no1)CC(C)(C)C. The molecule has 0 radical (unpaired) electrons. The van der Waals surface area contributed by atoms with Crippen molar-refractivity contribution in [2.45, 2.75) is 59.4 Å². The second kappa shape index (κ2) is 5.39. The van der Waals surface area contributed by atoms with Crippen LogP contribution in [0.1, 0.15) is 64.7 Å². The van der Waals surface area contributed by atoms with E-state index in [2.05, 4.69) is 43.2 Å². The Morgan fingerprint density at radius 1 is 1.44 bits per heavy atom. The molecule has 1 aliphatic heterocycles. The second-order valence-electron chi connectivity index (χ2n) is 6.77. The number of aromatic nitrogens is 2. The fourth-order valence-electron chi connectivity index (χ4n) is 2.81. The third-order valence-corrected chi connectivity index (χ3v) is 3.34. The third-order valence-electron chi connectivity index (χ3n) is 3.34. The van der Waals surface area contributed by atoms with Gasteiger partial charge in [-0.2, -0.15) is 4.98 Å². The summed E-state index contributed by atoms with van der Waals surface area (Å²) in [6.45, 7) is 10.1. The first-order valence-electron chi connectivity index (χ1n) is 7.00. The molecule has 4 heteroatoms. The van der Waals surface area contributed by atoms with E-state index in [1.807, 2.05) is 0 Å². The summed E-state index contributed by atoms with van der Waals surface area (Å²) in [6, 6.07) is 0.306. The van der Waals surface area contributed by atoms with Gasteiger partial charge in [-0.15, -0.1) is 0 Å². The highest BCUT2D eigenvalue weighted by Gasteiger charge is 2.23. The fourth-order valence-corrected chi connectivity index (χ4v) is 2.81. The molecule has 1 aliphatic rings. The van der Waals surface area contributed by atoms with Crippen LogP contribution in [-0.2, 0) is 6.42 Å². The maximum atomic E-state index is 5.36. The number of nitrogens with zero attached hydrogens (tertiary/aromatic N) is 2. The molecule has 1 N–H and O–H groups in total. The van der Waals surface area contributed by atoms with Gasteiger partial charge in [0.25, 0.3) is 0 Å². The summed E-state index contributed by atoms with van der Waals surface area (Å²) in [5, 5.41) is 7.49. The lowest BCUT2D eigenvalue weighted by Gasteiger charge is -2.22. The van der Waals surface area contributed by atoms with Gasteiger partial charge in [0, 0.05) is 6.42 Å². The summed E-state index contributed by atoms with van der Waals surface area (Å²) in [5.41, 5.74) is 0.356. The zero-order chi connectivity index (χ0) is 13.2. The Morgan fingerprint density at radius 3 is 2.83 bits per heavy atom. The highest BCUT2D eigenvalue weighted by atomic mass is 16.5. The number of hydrogen-bond acceptors (Lipinski definition) is 4. The van der Waals surface area contributed by atoms with E-state index in [9.17, 15) is 0 Å². The highest BCUT2D eigenvalue weighted by Crippen LogP contribution is 2.26. The van der Waals surface area contributed by atoms with Gasteiger partial charge >= 0.3 is 0 Å². The maximum Gasteiger partial charge on any atom is 0.226 e. The molecule has 102 valence electrons. The van der Waals surface area contributed by atoms with Gasteiger partial charge in [-0.25, -0.2) is 0 Å². The van der Waals surface area contributed by atoms with E-state index in [0.717, 1.165) is 31.1 Å². The van der Waals surface area contributed by atoms with Crippen LogP contribution in [0.4, 0.5) is 0 Å². The number of nitrogens with one attached hydrogen (secondary N) is 1. The Morgan fingerprint density at radius 2 is 2.22 bits per heavy atom. The zero-order valence-electron chi connectivity index (χ0n) is 12.0. The average Bonchev–Trinajstić information content (AvgIpc) is 2.82. The molecule has 0 amide bonds. The molecule has 2 rings (SSSR count).